The second kappa shape index (κ2) is 8.19. The quantitative estimate of drug-likeness (QED) is 0.855. The van der Waals surface area contributed by atoms with Gasteiger partial charge in [0, 0.05) is 19.0 Å². The third kappa shape index (κ3) is 4.12. The summed E-state index contributed by atoms with van der Waals surface area (Å²) in [5.74, 6) is 0.507. The lowest BCUT2D eigenvalue weighted by Gasteiger charge is -2.32. The molecule has 148 valence electrons. The van der Waals surface area contributed by atoms with Gasteiger partial charge in [-0.3, -0.25) is 9.69 Å². The number of nitrogens with zero attached hydrogens (tertiary/aromatic N) is 2. The van der Waals surface area contributed by atoms with E-state index >= 15 is 0 Å². The predicted molar refractivity (Wildman–Crippen MR) is 104 cm³/mol. The Hall–Kier alpha value is -2.60. The fourth-order valence-corrected chi connectivity index (χ4v) is 4.23. The van der Waals surface area contributed by atoms with Crippen LogP contribution < -0.4 is 0 Å². The Balaban J connectivity index is 1.40. The second-order valence-corrected chi connectivity index (χ2v) is 7.77. The number of likely N-dealkylation sites (tertiary alicyclic amines) is 2. The van der Waals surface area contributed by atoms with Crippen molar-refractivity contribution < 1.29 is 19.1 Å². The van der Waals surface area contributed by atoms with Gasteiger partial charge in [0.15, 0.2) is 5.76 Å². The van der Waals surface area contributed by atoms with Gasteiger partial charge < -0.3 is 14.4 Å². The van der Waals surface area contributed by atoms with E-state index in [1.807, 2.05) is 23.1 Å². The normalized spacial score (nSPS) is 20.4. The smallest absolute Gasteiger partial charge is 0.335 e. The molecule has 1 aromatic carbocycles. The summed E-state index contributed by atoms with van der Waals surface area (Å²) in [5, 5.41) is 9.05. The highest BCUT2D eigenvalue weighted by molar-refractivity contribution is 5.91. The first-order valence-electron chi connectivity index (χ1n) is 10.0. The number of carboxylic acid groups (broad SMARTS) is 1. The van der Waals surface area contributed by atoms with Gasteiger partial charge in [-0.05, 0) is 68.6 Å². The molecule has 1 amide bonds. The van der Waals surface area contributed by atoms with Gasteiger partial charge in [-0.25, -0.2) is 4.79 Å². The third-order valence-corrected chi connectivity index (χ3v) is 5.79. The highest BCUT2D eigenvalue weighted by Crippen LogP contribution is 2.28. The highest BCUT2D eigenvalue weighted by Gasteiger charge is 2.27. The molecule has 1 atom stereocenters. The number of aromatic carboxylic acids is 1. The van der Waals surface area contributed by atoms with E-state index in [-0.39, 0.29) is 17.4 Å². The van der Waals surface area contributed by atoms with E-state index in [0.717, 1.165) is 50.3 Å². The van der Waals surface area contributed by atoms with Crippen LogP contribution in [0.25, 0.3) is 0 Å². The van der Waals surface area contributed by atoms with Crippen LogP contribution in [0.5, 0.6) is 0 Å². The van der Waals surface area contributed by atoms with Crippen molar-refractivity contribution in [2.24, 2.45) is 0 Å². The molecule has 2 aliphatic heterocycles. The number of carbonyl (C=O) groups is 2. The van der Waals surface area contributed by atoms with Crippen LogP contribution in [0.1, 0.15) is 63.8 Å². The number of hydrogen-bond donors (Lipinski definition) is 1. The van der Waals surface area contributed by atoms with Gasteiger partial charge >= 0.3 is 5.97 Å². The average Bonchev–Trinajstić information content (AvgIpc) is 3.40. The summed E-state index contributed by atoms with van der Waals surface area (Å²) in [6, 6.07) is 10.7. The molecule has 0 spiro atoms. The van der Waals surface area contributed by atoms with Gasteiger partial charge in [-0.15, -0.1) is 0 Å². The lowest BCUT2D eigenvalue weighted by molar-refractivity contribution is 0.0670. The lowest BCUT2D eigenvalue weighted by Crippen LogP contribution is -2.39. The van der Waals surface area contributed by atoms with E-state index in [9.17, 15) is 9.59 Å². The van der Waals surface area contributed by atoms with Gasteiger partial charge in [0.25, 0.3) is 5.91 Å². The largest absolute Gasteiger partial charge is 0.478 e. The molecular weight excluding hydrogens is 356 g/mol. The minimum absolute atomic E-state index is 0.0560. The van der Waals surface area contributed by atoms with E-state index in [2.05, 4.69) is 4.90 Å². The number of amides is 1. The van der Waals surface area contributed by atoms with Crippen molar-refractivity contribution in [3.05, 3.63) is 59.0 Å². The Morgan fingerprint density at radius 2 is 1.75 bits per heavy atom. The molecule has 0 bridgehead atoms. The van der Waals surface area contributed by atoms with Gasteiger partial charge in [0.1, 0.15) is 5.76 Å². The number of piperidine rings is 1. The third-order valence-electron chi connectivity index (χ3n) is 5.79. The first kappa shape index (κ1) is 18.7. The van der Waals surface area contributed by atoms with Crippen molar-refractivity contribution in [1.82, 2.24) is 9.80 Å². The van der Waals surface area contributed by atoms with Crippen LogP contribution in [0.3, 0.4) is 0 Å². The topological polar surface area (TPSA) is 74.0 Å². The molecule has 28 heavy (non-hydrogen) atoms. The Morgan fingerprint density at radius 3 is 2.46 bits per heavy atom. The van der Waals surface area contributed by atoms with Crippen LogP contribution in [0.4, 0.5) is 0 Å². The maximum Gasteiger partial charge on any atom is 0.335 e. The molecule has 4 rings (SSSR count). The minimum atomic E-state index is -0.922. The Kier molecular flexibility index (Phi) is 5.48. The molecule has 3 heterocycles. The fourth-order valence-electron chi connectivity index (χ4n) is 4.23. The summed E-state index contributed by atoms with van der Waals surface area (Å²) in [4.78, 5) is 28.2. The minimum Gasteiger partial charge on any atom is -0.478 e. The molecule has 6 heteroatoms. The zero-order chi connectivity index (χ0) is 19.5. The summed E-state index contributed by atoms with van der Waals surface area (Å²) in [6.07, 6.45) is 4.39. The number of hydrogen-bond acceptors (Lipinski definition) is 4. The first-order valence-corrected chi connectivity index (χ1v) is 10.0. The summed E-state index contributed by atoms with van der Waals surface area (Å²) in [7, 11) is 0. The van der Waals surface area contributed by atoms with Crippen LogP contribution in [0.2, 0.25) is 0 Å². The summed E-state index contributed by atoms with van der Waals surface area (Å²) in [6.45, 7) is 4.32. The number of furan rings is 1. The predicted octanol–water partition coefficient (Wildman–Crippen LogP) is 3.59. The van der Waals surface area contributed by atoms with E-state index in [4.69, 9.17) is 9.52 Å². The molecule has 1 aromatic heterocycles. The molecule has 2 aromatic rings. The number of rotatable bonds is 5. The van der Waals surface area contributed by atoms with Gasteiger partial charge in [0.2, 0.25) is 0 Å². The molecule has 1 unspecified atom stereocenters. The number of carbonyl (C=O) groups excluding carboxylic acids is 1. The number of benzene rings is 1. The van der Waals surface area contributed by atoms with Crippen LogP contribution >= 0.6 is 0 Å². The van der Waals surface area contributed by atoms with Crippen molar-refractivity contribution in [3.63, 3.8) is 0 Å². The Bertz CT molecular complexity index is 836. The molecular formula is C22H26N2O4. The van der Waals surface area contributed by atoms with E-state index < -0.39 is 5.97 Å². The summed E-state index contributed by atoms with van der Waals surface area (Å²) >= 11 is 0. The molecule has 2 aliphatic rings. The van der Waals surface area contributed by atoms with Gasteiger partial charge in [-0.2, -0.15) is 0 Å². The van der Waals surface area contributed by atoms with E-state index in [1.165, 1.54) is 12.8 Å². The van der Waals surface area contributed by atoms with Crippen molar-refractivity contribution in [1.29, 1.82) is 0 Å². The molecule has 2 fully saturated rings. The SMILES string of the molecule is O=C(O)c1ccc(C2CCCN(C(=O)c3ccc(CN4CCCC4)o3)C2)cc1. The molecule has 0 radical (unpaired) electrons. The van der Waals surface area contributed by atoms with Crippen molar-refractivity contribution >= 4 is 11.9 Å². The zero-order valence-electron chi connectivity index (χ0n) is 16.0. The number of carboxylic acids is 1. The Labute approximate surface area is 164 Å². The molecule has 0 saturated carbocycles. The maximum atomic E-state index is 12.9. The zero-order valence-corrected chi connectivity index (χ0v) is 16.0. The van der Waals surface area contributed by atoms with Crippen molar-refractivity contribution in [2.75, 3.05) is 26.2 Å². The summed E-state index contributed by atoms with van der Waals surface area (Å²) < 4.78 is 5.85. The van der Waals surface area contributed by atoms with Gasteiger partial charge in [-0.1, -0.05) is 12.1 Å². The van der Waals surface area contributed by atoms with Gasteiger partial charge in [0.05, 0.1) is 12.1 Å². The monoisotopic (exact) mass is 382 g/mol. The van der Waals surface area contributed by atoms with Crippen LogP contribution in [-0.2, 0) is 6.54 Å². The van der Waals surface area contributed by atoms with Crippen molar-refractivity contribution in [2.45, 2.75) is 38.1 Å². The summed E-state index contributed by atoms with van der Waals surface area (Å²) in [5.41, 5.74) is 1.37. The lowest BCUT2D eigenvalue weighted by atomic mass is 9.90. The Morgan fingerprint density at radius 1 is 1.00 bits per heavy atom. The second-order valence-electron chi connectivity index (χ2n) is 7.77. The molecule has 2 saturated heterocycles. The highest BCUT2D eigenvalue weighted by atomic mass is 16.4. The standard InChI is InChI=1S/C22H26N2O4/c25-21(20-10-9-19(28-20)15-23-11-1-2-12-23)24-13-3-4-18(14-24)16-5-7-17(8-6-16)22(26)27/h5-10,18H,1-4,11-15H2,(H,26,27). The average molecular weight is 382 g/mol. The molecule has 0 aliphatic carbocycles. The van der Waals surface area contributed by atoms with E-state index in [0.29, 0.717) is 12.3 Å². The maximum absolute atomic E-state index is 12.9. The fraction of sp³-hybridized carbons (Fsp3) is 0.455. The molecule has 1 N–H and O–H groups in total. The van der Waals surface area contributed by atoms with E-state index in [1.54, 1.807) is 18.2 Å². The van der Waals surface area contributed by atoms with Crippen LogP contribution in [0, 0.1) is 0 Å². The van der Waals surface area contributed by atoms with Crippen molar-refractivity contribution in [3.8, 4) is 0 Å². The molecule has 6 nitrogen and oxygen atoms in total. The first-order chi connectivity index (χ1) is 13.6. The van der Waals surface area contributed by atoms with Crippen LogP contribution in [-0.4, -0.2) is 53.0 Å². The van der Waals surface area contributed by atoms with Crippen LogP contribution in [0.15, 0.2) is 40.8 Å².